The minimum atomic E-state index is -1.05. The van der Waals surface area contributed by atoms with Crippen LogP contribution in [0.1, 0.15) is 18.6 Å². The van der Waals surface area contributed by atoms with E-state index in [1.54, 1.807) is 12.1 Å². The molecule has 1 saturated carbocycles. The first-order valence-corrected chi connectivity index (χ1v) is 4.11. The molecule has 70 valence electrons. The van der Waals surface area contributed by atoms with Crippen molar-refractivity contribution in [3.8, 4) is 0 Å². The maximum Gasteiger partial charge on any atom is 0.306 e. The average Bonchev–Trinajstić information content (AvgIpc) is 2.49. The van der Waals surface area contributed by atoms with Gasteiger partial charge in [-0.05, 0) is 25.0 Å². The molecule has 0 unspecified atom stereocenters. The van der Waals surface area contributed by atoms with Crippen LogP contribution in [0, 0.1) is 5.92 Å². The van der Waals surface area contributed by atoms with Gasteiger partial charge in [-0.25, -0.2) is 0 Å². The largest absolute Gasteiger partial charge is 0.481 e. The Morgan fingerprint density at radius 2 is 2.31 bits per heavy atom. The van der Waals surface area contributed by atoms with Crippen LogP contribution in [0.4, 0.5) is 0 Å². The second-order valence-corrected chi connectivity index (χ2v) is 3.45. The molecule has 1 aromatic rings. The van der Waals surface area contributed by atoms with Crippen molar-refractivity contribution >= 4 is 5.97 Å². The Kier molecular flexibility index (Phi) is 1.66. The van der Waals surface area contributed by atoms with Gasteiger partial charge >= 0.3 is 5.97 Å². The lowest BCUT2D eigenvalue weighted by molar-refractivity contribution is -0.161. The molecular formula is C9H10O4. The summed E-state index contributed by atoms with van der Waals surface area (Å²) in [5.74, 6) is -0.823. The van der Waals surface area contributed by atoms with Crippen LogP contribution >= 0.6 is 0 Å². The zero-order valence-corrected chi connectivity index (χ0v) is 6.93. The number of aliphatic hydroxyl groups is 1. The first kappa shape index (κ1) is 8.31. The highest BCUT2D eigenvalue weighted by Crippen LogP contribution is 2.45. The fraction of sp³-hybridized carbons (Fsp3) is 0.444. The lowest BCUT2D eigenvalue weighted by Crippen LogP contribution is -2.44. The minimum absolute atomic E-state index is 0.246. The van der Waals surface area contributed by atoms with E-state index in [1.165, 1.54) is 6.26 Å². The molecule has 1 aromatic heterocycles. The number of carboxylic acids is 1. The quantitative estimate of drug-likeness (QED) is 0.714. The molecule has 0 spiro atoms. The van der Waals surface area contributed by atoms with Gasteiger partial charge in [0.1, 0.15) is 11.4 Å². The van der Waals surface area contributed by atoms with E-state index in [9.17, 15) is 9.90 Å². The molecule has 0 atom stereocenters. The fourth-order valence-electron chi connectivity index (χ4n) is 1.67. The smallest absolute Gasteiger partial charge is 0.306 e. The number of aliphatic carboxylic acids is 1. The van der Waals surface area contributed by atoms with E-state index < -0.39 is 17.5 Å². The Balaban J connectivity index is 2.08. The van der Waals surface area contributed by atoms with E-state index in [-0.39, 0.29) is 12.8 Å². The summed E-state index contributed by atoms with van der Waals surface area (Å²) in [4.78, 5) is 10.5. The molecule has 1 aliphatic rings. The van der Waals surface area contributed by atoms with Crippen molar-refractivity contribution in [3.05, 3.63) is 24.2 Å². The standard InChI is InChI=1S/C9H10O4/c10-8(11)6-4-9(12,5-6)7-2-1-3-13-7/h1-3,6,12H,4-5H2,(H,10,11). The molecule has 0 radical (unpaired) electrons. The highest BCUT2D eigenvalue weighted by molar-refractivity contribution is 5.71. The molecule has 1 fully saturated rings. The van der Waals surface area contributed by atoms with Gasteiger partial charge in [0.15, 0.2) is 0 Å². The van der Waals surface area contributed by atoms with Gasteiger partial charge in [-0.1, -0.05) is 0 Å². The number of carboxylic acid groups (broad SMARTS) is 1. The molecule has 13 heavy (non-hydrogen) atoms. The number of hydrogen-bond acceptors (Lipinski definition) is 3. The van der Waals surface area contributed by atoms with Crippen LogP contribution in [-0.4, -0.2) is 16.2 Å². The molecule has 0 saturated heterocycles. The van der Waals surface area contributed by atoms with Gasteiger partial charge in [-0.2, -0.15) is 0 Å². The Labute approximate surface area is 74.8 Å². The molecule has 2 rings (SSSR count). The van der Waals surface area contributed by atoms with Crippen molar-refractivity contribution in [2.45, 2.75) is 18.4 Å². The fourth-order valence-corrected chi connectivity index (χ4v) is 1.67. The summed E-state index contributed by atoms with van der Waals surface area (Å²) in [5, 5.41) is 18.5. The first-order valence-electron chi connectivity index (χ1n) is 4.11. The van der Waals surface area contributed by atoms with E-state index in [2.05, 4.69) is 0 Å². The predicted octanol–water partition coefficient (Wildman–Crippen LogP) is 0.962. The minimum Gasteiger partial charge on any atom is -0.481 e. The third-order valence-electron chi connectivity index (χ3n) is 2.50. The van der Waals surface area contributed by atoms with Crippen LogP contribution in [0.5, 0.6) is 0 Å². The third kappa shape index (κ3) is 1.23. The Bertz CT molecular complexity index is 308. The molecule has 0 aromatic carbocycles. The second-order valence-electron chi connectivity index (χ2n) is 3.45. The molecule has 1 aliphatic carbocycles. The van der Waals surface area contributed by atoms with E-state index in [0.717, 1.165) is 0 Å². The molecule has 1 heterocycles. The van der Waals surface area contributed by atoms with Crippen molar-refractivity contribution < 1.29 is 19.4 Å². The lowest BCUT2D eigenvalue weighted by Gasteiger charge is -2.39. The molecule has 0 amide bonds. The lowest BCUT2D eigenvalue weighted by atomic mass is 9.69. The maximum atomic E-state index is 10.5. The summed E-state index contributed by atoms with van der Waals surface area (Å²) in [7, 11) is 0. The van der Waals surface area contributed by atoms with E-state index in [4.69, 9.17) is 9.52 Å². The summed E-state index contributed by atoms with van der Waals surface area (Å²) in [6.07, 6.45) is 1.97. The Morgan fingerprint density at radius 1 is 1.62 bits per heavy atom. The van der Waals surface area contributed by atoms with E-state index >= 15 is 0 Å². The maximum absolute atomic E-state index is 10.5. The summed E-state index contributed by atoms with van der Waals surface area (Å²) >= 11 is 0. The number of carbonyl (C=O) groups is 1. The Morgan fingerprint density at radius 3 is 2.77 bits per heavy atom. The van der Waals surface area contributed by atoms with Crippen LogP contribution in [0.2, 0.25) is 0 Å². The zero-order valence-electron chi connectivity index (χ0n) is 6.93. The SMILES string of the molecule is O=C(O)C1CC(O)(c2ccco2)C1. The first-order chi connectivity index (χ1) is 6.12. The van der Waals surface area contributed by atoms with Gasteiger partial charge in [0, 0.05) is 0 Å². The number of hydrogen-bond donors (Lipinski definition) is 2. The highest BCUT2D eigenvalue weighted by Gasteiger charge is 2.49. The molecule has 4 nitrogen and oxygen atoms in total. The van der Waals surface area contributed by atoms with Crippen molar-refractivity contribution in [2.75, 3.05) is 0 Å². The van der Waals surface area contributed by atoms with Gasteiger partial charge in [0.25, 0.3) is 0 Å². The predicted molar refractivity (Wildman–Crippen MR) is 43.0 cm³/mol. The van der Waals surface area contributed by atoms with Crippen LogP contribution < -0.4 is 0 Å². The van der Waals surface area contributed by atoms with Crippen molar-refractivity contribution in [1.82, 2.24) is 0 Å². The molecule has 4 heteroatoms. The van der Waals surface area contributed by atoms with Gasteiger partial charge in [0.05, 0.1) is 12.2 Å². The summed E-state index contributed by atoms with van der Waals surface area (Å²) in [6, 6.07) is 3.35. The van der Waals surface area contributed by atoms with Crippen LogP contribution in [0.3, 0.4) is 0 Å². The topological polar surface area (TPSA) is 70.7 Å². The molecule has 0 aliphatic heterocycles. The zero-order chi connectivity index (χ0) is 9.47. The van der Waals surface area contributed by atoms with Crippen molar-refractivity contribution in [1.29, 1.82) is 0 Å². The van der Waals surface area contributed by atoms with Gasteiger partial charge in [0.2, 0.25) is 0 Å². The third-order valence-corrected chi connectivity index (χ3v) is 2.50. The highest BCUT2D eigenvalue weighted by atomic mass is 16.4. The van der Waals surface area contributed by atoms with Crippen LogP contribution in [0.25, 0.3) is 0 Å². The second kappa shape index (κ2) is 2.60. The summed E-state index contributed by atoms with van der Waals surface area (Å²) in [6.45, 7) is 0. The molecule has 2 N–H and O–H groups in total. The van der Waals surface area contributed by atoms with Crippen molar-refractivity contribution in [3.63, 3.8) is 0 Å². The van der Waals surface area contributed by atoms with Gasteiger partial charge < -0.3 is 14.6 Å². The van der Waals surface area contributed by atoms with E-state index in [0.29, 0.717) is 5.76 Å². The average molecular weight is 182 g/mol. The monoisotopic (exact) mass is 182 g/mol. The molecule has 0 bridgehead atoms. The summed E-state index contributed by atoms with van der Waals surface area (Å²) in [5.41, 5.74) is -1.05. The Hall–Kier alpha value is -1.29. The van der Waals surface area contributed by atoms with Gasteiger partial charge in [-0.3, -0.25) is 4.79 Å². The normalized spacial score (nSPS) is 32.5. The molecular weight excluding hydrogens is 172 g/mol. The van der Waals surface area contributed by atoms with Crippen LogP contribution in [0.15, 0.2) is 22.8 Å². The summed E-state index contributed by atoms with van der Waals surface area (Å²) < 4.78 is 5.03. The number of rotatable bonds is 2. The number of furan rings is 1. The van der Waals surface area contributed by atoms with Gasteiger partial charge in [-0.15, -0.1) is 0 Å². The van der Waals surface area contributed by atoms with E-state index in [1.807, 2.05) is 0 Å². The van der Waals surface area contributed by atoms with Crippen molar-refractivity contribution in [2.24, 2.45) is 5.92 Å². The van der Waals surface area contributed by atoms with Crippen LogP contribution in [-0.2, 0) is 10.4 Å².